The number of aromatic nitrogens is 4. The number of aromatic amines is 2. The molecule has 3 aromatic rings. The van der Waals surface area contributed by atoms with Crippen molar-refractivity contribution < 1.29 is 4.79 Å². The van der Waals surface area contributed by atoms with Crippen LogP contribution in [0.2, 0.25) is 0 Å². The van der Waals surface area contributed by atoms with Gasteiger partial charge >= 0.3 is 5.69 Å². The Morgan fingerprint density at radius 1 is 1.19 bits per heavy atom. The molecule has 1 amide bonds. The van der Waals surface area contributed by atoms with Gasteiger partial charge in [0.05, 0.1) is 6.42 Å². The summed E-state index contributed by atoms with van der Waals surface area (Å²) in [5.74, 6) is 0.358. The minimum atomic E-state index is -0.596. The van der Waals surface area contributed by atoms with E-state index in [1.165, 1.54) is 28.7 Å². The Balaban J connectivity index is 1.59. The largest absolute Gasteiger partial charge is 0.325 e. The number of H-pyrrole nitrogens is 2. The average Bonchev–Trinajstić information content (AvgIpc) is 3.04. The zero-order valence-corrected chi connectivity index (χ0v) is 15.4. The molecule has 2 aromatic heterocycles. The van der Waals surface area contributed by atoms with Crippen molar-refractivity contribution >= 4 is 34.1 Å². The Morgan fingerprint density at radius 3 is 2.69 bits per heavy atom. The first-order chi connectivity index (χ1) is 12.5. The maximum Gasteiger partial charge on any atom is 0.325 e. The lowest BCUT2D eigenvalue weighted by atomic mass is 10.1. The van der Waals surface area contributed by atoms with Crippen LogP contribution in [-0.2, 0) is 17.0 Å². The molecule has 3 N–H and O–H groups in total. The van der Waals surface area contributed by atoms with Gasteiger partial charge in [-0.1, -0.05) is 53.4 Å². The highest BCUT2D eigenvalue weighted by atomic mass is 32.2. The number of nitrogens with zero attached hydrogens (tertiary/aromatic N) is 2. The summed E-state index contributed by atoms with van der Waals surface area (Å²) in [6.45, 7) is 1.57. The van der Waals surface area contributed by atoms with Crippen LogP contribution < -0.4 is 16.6 Å². The predicted octanol–water partition coefficient (Wildman–Crippen LogP) is 1.70. The van der Waals surface area contributed by atoms with Crippen molar-refractivity contribution in [3.8, 4) is 0 Å². The van der Waals surface area contributed by atoms with Gasteiger partial charge in [-0.3, -0.25) is 14.6 Å². The number of anilines is 1. The van der Waals surface area contributed by atoms with Gasteiger partial charge in [-0.25, -0.2) is 4.79 Å². The average molecular weight is 389 g/mol. The van der Waals surface area contributed by atoms with Crippen LogP contribution in [0.5, 0.6) is 0 Å². The number of hydrogen-bond acceptors (Lipinski definition) is 7. The van der Waals surface area contributed by atoms with Crippen LogP contribution in [0.25, 0.3) is 0 Å². The highest BCUT2D eigenvalue weighted by molar-refractivity contribution is 8.00. The second-order valence-corrected chi connectivity index (χ2v) is 7.58. The van der Waals surface area contributed by atoms with E-state index in [1.807, 2.05) is 30.3 Å². The zero-order valence-electron chi connectivity index (χ0n) is 13.7. The second-order valence-electron chi connectivity index (χ2n) is 5.38. The van der Waals surface area contributed by atoms with Crippen LogP contribution in [0.1, 0.15) is 16.8 Å². The van der Waals surface area contributed by atoms with Gasteiger partial charge in [-0.15, -0.1) is 10.2 Å². The molecular weight excluding hydrogens is 374 g/mol. The van der Waals surface area contributed by atoms with E-state index >= 15 is 0 Å². The molecule has 0 aliphatic carbocycles. The molecule has 0 saturated carbocycles. The normalized spacial score (nSPS) is 10.7. The molecule has 8 nitrogen and oxygen atoms in total. The van der Waals surface area contributed by atoms with Crippen LogP contribution in [0.3, 0.4) is 0 Å². The molecule has 0 fully saturated rings. The van der Waals surface area contributed by atoms with Crippen molar-refractivity contribution in [2.75, 3.05) is 5.32 Å². The number of amides is 1. The molecule has 1 aromatic carbocycles. The van der Waals surface area contributed by atoms with Crippen LogP contribution in [0.15, 0.2) is 44.3 Å². The molecule has 0 atom stereocenters. The Morgan fingerprint density at radius 2 is 1.96 bits per heavy atom. The monoisotopic (exact) mass is 389 g/mol. The zero-order chi connectivity index (χ0) is 18.5. The summed E-state index contributed by atoms with van der Waals surface area (Å²) < 4.78 is 0.738. The van der Waals surface area contributed by atoms with Crippen LogP contribution in [0, 0.1) is 6.92 Å². The van der Waals surface area contributed by atoms with Crippen molar-refractivity contribution in [2.45, 2.75) is 23.4 Å². The second kappa shape index (κ2) is 8.11. The fraction of sp³-hybridized carbons (Fsp3) is 0.188. The number of thioether (sulfide) groups is 1. The van der Waals surface area contributed by atoms with Crippen molar-refractivity contribution in [2.24, 2.45) is 0 Å². The van der Waals surface area contributed by atoms with E-state index in [0.29, 0.717) is 10.8 Å². The van der Waals surface area contributed by atoms with Gasteiger partial charge in [0, 0.05) is 17.0 Å². The first-order valence-corrected chi connectivity index (χ1v) is 9.43. The molecule has 0 bridgehead atoms. The molecule has 10 heteroatoms. The van der Waals surface area contributed by atoms with Gasteiger partial charge < -0.3 is 10.3 Å². The van der Waals surface area contributed by atoms with E-state index in [1.54, 1.807) is 6.92 Å². The summed E-state index contributed by atoms with van der Waals surface area (Å²) in [5.41, 5.74) is 0.584. The minimum Gasteiger partial charge on any atom is -0.311 e. The van der Waals surface area contributed by atoms with Crippen molar-refractivity contribution in [3.63, 3.8) is 0 Å². The molecule has 0 aliphatic heterocycles. The molecule has 26 heavy (non-hydrogen) atoms. The predicted molar refractivity (Wildman–Crippen MR) is 101 cm³/mol. The van der Waals surface area contributed by atoms with E-state index in [9.17, 15) is 14.4 Å². The molecular formula is C16H15N5O3S2. The van der Waals surface area contributed by atoms with Gasteiger partial charge in [0.2, 0.25) is 11.0 Å². The van der Waals surface area contributed by atoms with E-state index < -0.39 is 17.2 Å². The van der Waals surface area contributed by atoms with Crippen LogP contribution in [0.4, 0.5) is 5.13 Å². The third-order valence-corrected chi connectivity index (χ3v) is 5.49. The summed E-state index contributed by atoms with van der Waals surface area (Å²) in [7, 11) is 0. The van der Waals surface area contributed by atoms with Gasteiger partial charge in [0.1, 0.15) is 0 Å². The highest BCUT2D eigenvalue weighted by Gasteiger charge is 2.13. The number of nitrogens with one attached hydrogen (secondary N) is 3. The molecule has 0 radical (unpaired) electrons. The lowest BCUT2D eigenvalue weighted by Gasteiger charge is -2.03. The van der Waals surface area contributed by atoms with Gasteiger partial charge in [-0.2, -0.15) is 0 Å². The smallest absolute Gasteiger partial charge is 0.311 e. The van der Waals surface area contributed by atoms with E-state index in [2.05, 4.69) is 25.5 Å². The minimum absolute atomic E-state index is 0.163. The summed E-state index contributed by atoms with van der Waals surface area (Å²) in [6.07, 6.45) is -0.163. The van der Waals surface area contributed by atoms with Crippen molar-refractivity contribution in [1.29, 1.82) is 0 Å². The third-order valence-electron chi connectivity index (χ3n) is 3.45. The number of carbonyl (C=O) groups is 1. The molecule has 0 unspecified atom stereocenters. The molecule has 0 aliphatic rings. The van der Waals surface area contributed by atoms with Gasteiger partial charge in [0.25, 0.3) is 5.56 Å². The van der Waals surface area contributed by atoms with Gasteiger partial charge in [0.15, 0.2) is 4.34 Å². The third kappa shape index (κ3) is 4.67. The topological polar surface area (TPSA) is 121 Å². The van der Waals surface area contributed by atoms with Crippen molar-refractivity contribution in [3.05, 3.63) is 68.0 Å². The number of rotatable bonds is 6. The summed E-state index contributed by atoms with van der Waals surface area (Å²) in [6, 6.07) is 9.97. The fourth-order valence-electron chi connectivity index (χ4n) is 2.20. The first kappa shape index (κ1) is 18.1. The fourth-order valence-corrected chi connectivity index (χ4v) is 3.92. The maximum atomic E-state index is 12.1. The van der Waals surface area contributed by atoms with Crippen molar-refractivity contribution in [1.82, 2.24) is 20.2 Å². The standard InChI is InChI=1S/C16H15N5O3S2/c1-9-11(13(23)19-14(24)17-9)7-12(22)18-15-20-21-16(26-15)25-8-10-5-3-2-4-6-10/h2-6H,7-8H2,1H3,(H,18,20,22)(H2,17,19,23,24). The van der Waals surface area contributed by atoms with Crippen LogP contribution in [-0.4, -0.2) is 26.1 Å². The highest BCUT2D eigenvalue weighted by Crippen LogP contribution is 2.28. The van der Waals surface area contributed by atoms with Crippen LogP contribution >= 0.6 is 23.1 Å². The van der Waals surface area contributed by atoms with E-state index in [-0.39, 0.29) is 12.0 Å². The Bertz CT molecular complexity index is 1030. The lowest BCUT2D eigenvalue weighted by molar-refractivity contribution is -0.115. The van der Waals surface area contributed by atoms with E-state index in [0.717, 1.165) is 10.1 Å². The summed E-state index contributed by atoms with van der Waals surface area (Å²) >= 11 is 2.80. The summed E-state index contributed by atoms with van der Waals surface area (Å²) in [5, 5.41) is 11.0. The number of carbonyl (C=O) groups excluding carboxylic acids is 1. The lowest BCUT2D eigenvalue weighted by Crippen LogP contribution is -2.29. The Labute approximate surface area is 156 Å². The maximum absolute atomic E-state index is 12.1. The Hall–Kier alpha value is -2.72. The van der Waals surface area contributed by atoms with Gasteiger partial charge in [-0.05, 0) is 12.5 Å². The molecule has 134 valence electrons. The Kier molecular flexibility index (Phi) is 5.64. The number of benzene rings is 1. The molecule has 3 rings (SSSR count). The summed E-state index contributed by atoms with van der Waals surface area (Å²) in [4.78, 5) is 39.7. The van der Waals surface area contributed by atoms with E-state index in [4.69, 9.17) is 0 Å². The first-order valence-electron chi connectivity index (χ1n) is 7.63. The molecule has 0 spiro atoms. The SMILES string of the molecule is Cc1[nH]c(=O)[nH]c(=O)c1CC(=O)Nc1nnc(SCc2ccccc2)s1. The quantitative estimate of drug-likeness (QED) is 0.436. The molecule has 2 heterocycles. The molecule has 0 saturated heterocycles. The number of hydrogen-bond donors (Lipinski definition) is 3. The number of aryl methyl sites for hydroxylation is 1.